The molecule has 2 atom stereocenters. The van der Waals surface area contributed by atoms with Gasteiger partial charge in [0, 0.05) is 12.6 Å². The van der Waals surface area contributed by atoms with E-state index >= 15 is 0 Å². The zero-order chi connectivity index (χ0) is 10.3. The third-order valence-electron chi connectivity index (χ3n) is 3.65. The van der Waals surface area contributed by atoms with Gasteiger partial charge in [0.1, 0.15) is 0 Å². The SMILES string of the molecule is S=c1nn[nH]n1C1CCN2CCCCC12. The normalized spacial score (nSPS) is 31.7. The van der Waals surface area contributed by atoms with Crippen LogP contribution >= 0.6 is 12.2 Å². The molecule has 6 heteroatoms. The molecule has 2 aliphatic rings. The zero-order valence-corrected chi connectivity index (χ0v) is 9.41. The number of H-pyrrole nitrogens is 1. The largest absolute Gasteiger partial charge is 0.298 e. The Balaban J connectivity index is 1.88. The highest BCUT2D eigenvalue weighted by atomic mass is 32.1. The molecule has 0 aliphatic carbocycles. The smallest absolute Gasteiger partial charge is 0.238 e. The van der Waals surface area contributed by atoms with Gasteiger partial charge in [-0.3, -0.25) is 4.90 Å². The number of fused-ring (bicyclic) bond motifs is 1. The summed E-state index contributed by atoms with van der Waals surface area (Å²) >= 11 is 5.16. The summed E-state index contributed by atoms with van der Waals surface area (Å²) in [6.07, 6.45) is 5.14. The minimum absolute atomic E-state index is 0.466. The van der Waals surface area contributed by atoms with Crippen molar-refractivity contribution in [1.82, 2.24) is 25.1 Å². The van der Waals surface area contributed by atoms with Gasteiger partial charge in [0.25, 0.3) is 0 Å². The zero-order valence-electron chi connectivity index (χ0n) is 8.59. The predicted molar refractivity (Wildman–Crippen MR) is 58.1 cm³/mol. The van der Waals surface area contributed by atoms with Gasteiger partial charge in [-0.1, -0.05) is 16.7 Å². The average molecular weight is 225 g/mol. The maximum Gasteiger partial charge on any atom is 0.238 e. The van der Waals surface area contributed by atoms with E-state index in [2.05, 4.69) is 20.4 Å². The Morgan fingerprint density at radius 1 is 1.20 bits per heavy atom. The van der Waals surface area contributed by atoms with Crippen molar-refractivity contribution < 1.29 is 0 Å². The van der Waals surface area contributed by atoms with Crippen LogP contribution < -0.4 is 0 Å². The molecule has 1 aromatic heterocycles. The average Bonchev–Trinajstić information content (AvgIpc) is 2.83. The molecule has 2 saturated heterocycles. The highest BCUT2D eigenvalue weighted by Crippen LogP contribution is 2.34. The van der Waals surface area contributed by atoms with Crippen molar-refractivity contribution in [2.24, 2.45) is 0 Å². The summed E-state index contributed by atoms with van der Waals surface area (Å²) in [4.78, 5) is 2.58. The topological polar surface area (TPSA) is 49.7 Å². The Kier molecular flexibility index (Phi) is 2.32. The molecule has 0 radical (unpaired) electrons. The first kappa shape index (κ1) is 9.47. The van der Waals surface area contributed by atoms with E-state index in [0.717, 1.165) is 0 Å². The molecule has 15 heavy (non-hydrogen) atoms. The van der Waals surface area contributed by atoms with Gasteiger partial charge >= 0.3 is 0 Å². The number of piperidine rings is 1. The lowest BCUT2D eigenvalue weighted by molar-refractivity contribution is 0.168. The first-order valence-corrected chi connectivity index (χ1v) is 6.01. The fraction of sp³-hybridized carbons (Fsp3) is 0.889. The Bertz CT molecular complexity index is 397. The maximum atomic E-state index is 5.16. The van der Waals surface area contributed by atoms with Gasteiger partial charge in [-0.2, -0.15) is 5.21 Å². The van der Waals surface area contributed by atoms with Crippen LogP contribution in [0.25, 0.3) is 0 Å². The molecule has 2 fully saturated rings. The molecule has 0 spiro atoms. The second-order valence-corrected chi connectivity index (χ2v) is 4.77. The minimum Gasteiger partial charge on any atom is -0.298 e. The number of hydrogen-bond acceptors (Lipinski definition) is 4. The van der Waals surface area contributed by atoms with Crippen molar-refractivity contribution >= 4 is 12.2 Å². The third-order valence-corrected chi connectivity index (χ3v) is 3.92. The van der Waals surface area contributed by atoms with Crippen LogP contribution in [0.5, 0.6) is 0 Å². The lowest BCUT2D eigenvalue weighted by atomic mass is 9.99. The summed E-state index contributed by atoms with van der Waals surface area (Å²) < 4.78 is 2.55. The fourth-order valence-corrected chi connectivity index (χ4v) is 3.16. The van der Waals surface area contributed by atoms with Gasteiger partial charge in [-0.25, -0.2) is 4.68 Å². The molecule has 0 aromatic carbocycles. The number of tetrazole rings is 1. The molecule has 2 aliphatic heterocycles. The molecule has 82 valence electrons. The molecule has 1 aromatic rings. The minimum atomic E-state index is 0.466. The van der Waals surface area contributed by atoms with Crippen molar-refractivity contribution in [3.05, 3.63) is 4.77 Å². The number of aromatic nitrogens is 4. The van der Waals surface area contributed by atoms with Crippen LogP contribution in [-0.2, 0) is 0 Å². The van der Waals surface area contributed by atoms with E-state index in [-0.39, 0.29) is 0 Å². The Hall–Kier alpha value is -0.750. The van der Waals surface area contributed by atoms with E-state index in [4.69, 9.17) is 12.2 Å². The van der Waals surface area contributed by atoms with Crippen LogP contribution in [0.4, 0.5) is 0 Å². The van der Waals surface area contributed by atoms with Crippen LogP contribution in [0, 0.1) is 4.77 Å². The quantitative estimate of drug-likeness (QED) is 0.728. The first-order chi connectivity index (χ1) is 7.36. The number of nitrogens with one attached hydrogen (secondary N) is 1. The summed E-state index contributed by atoms with van der Waals surface area (Å²) in [5, 5.41) is 10.5. The number of nitrogens with zero attached hydrogens (tertiary/aromatic N) is 4. The molecule has 5 nitrogen and oxygen atoms in total. The molecule has 0 saturated carbocycles. The Morgan fingerprint density at radius 2 is 2.13 bits per heavy atom. The lowest BCUT2D eigenvalue weighted by Crippen LogP contribution is -2.38. The maximum absolute atomic E-state index is 5.16. The van der Waals surface area contributed by atoms with Crippen molar-refractivity contribution in [1.29, 1.82) is 0 Å². The predicted octanol–water partition coefficient (Wildman–Crippen LogP) is 1.13. The van der Waals surface area contributed by atoms with Crippen molar-refractivity contribution in [3.8, 4) is 0 Å². The van der Waals surface area contributed by atoms with E-state index in [1.54, 1.807) is 0 Å². The van der Waals surface area contributed by atoms with Crippen LogP contribution in [-0.4, -0.2) is 44.2 Å². The highest BCUT2D eigenvalue weighted by Gasteiger charge is 2.37. The highest BCUT2D eigenvalue weighted by molar-refractivity contribution is 7.71. The van der Waals surface area contributed by atoms with Crippen LogP contribution in [0.3, 0.4) is 0 Å². The summed E-state index contributed by atoms with van der Waals surface area (Å²) in [6, 6.07) is 1.11. The number of aromatic amines is 1. The van der Waals surface area contributed by atoms with E-state index in [1.165, 1.54) is 38.8 Å². The summed E-state index contributed by atoms with van der Waals surface area (Å²) in [5.74, 6) is 0. The summed E-state index contributed by atoms with van der Waals surface area (Å²) in [6.45, 7) is 2.44. The van der Waals surface area contributed by atoms with E-state index < -0.39 is 0 Å². The van der Waals surface area contributed by atoms with E-state index in [1.807, 2.05) is 4.68 Å². The van der Waals surface area contributed by atoms with Crippen molar-refractivity contribution in [3.63, 3.8) is 0 Å². The third kappa shape index (κ3) is 1.52. The Labute approximate surface area is 93.4 Å². The molecule has 0 bridgehead atoms. The van der Waals surface area contributed by atoms with Gasteiger partial charge in [0.15, 0.2) is 0 Å². The molecule has 0 amide bonds. The summed E-state index contributed by atoms with van der Waals surface area (Å²) in [7, 11) is 0. The molecule has 2 unspecified atom stereocenters. The second kappa shape index (κ2) is 3.68. The van der Waals surface area contributed by atoms with Crippen LogP contribution in [0.2, 0.25) is 0 Å². The second-order valence-electron chi connectivity index (χ2n) is 4.41. The van der Waals surface area contributed by atoms with Gasteiger partial charge in [-0.15, -0.1) is 0 Å². The molecular weight excluding hydrogens is 210 g/mol. The van der Waals surface area contributed by atoms with Crippen LogP contribution in [0.1, 0.15) is 31.7 Å². The summed E-state index contributed by atoms with van der Waals surface area (Å²) in [5.41, 5.74) is 0. The van der Waals surface area contributed by atoms with E-state index in [0.29, 0.717) is 16.9 Å². The molecule has 1 N–H and O–H groups in total. The van der Waals surface area contributed by atoms with Crippen molar-refractivity contribution in [2.45, 2.75) is 37.8 Å². The standard InChI is InChI=1S/C9H15N5S/c15-9-10-11-12-14(9)8-4-6-13-5-2-1-3-7(8)13/h7-8H,1-6H2,(H,10,12,15). The lowest BCUT2D eigenvalue weighted by Gasteiger charge is -2.32. The van der Waals surface area contributed by atoms with Gasteiger partial charge < -0.3 is 0 Å². The Morgan fingerprint density at radius 3 is 2.93 bits per heavy atom. The van der Waals surface area contributed by atoms with Gasteiger partial charge in [-0.05, 0) is 38.0 Å². The van der Waals surface area contributed by atoms with Gasteiger partial charge in [0.2, 0.25) is 4.77 Å². The fourth-order valence-electron chi connectivity index (χ4n) is 2.94. The first-order valence-electron chi connectivity index (χ1n) is 5.60. The molecule has 3 rings (SSSR count). The van der Waals surface area contributed by atoms with Crippen molar-refractivity contribution in [2.75, 3.05) is 13.1 Å². The van der Waals surface area contributed by atoms with Crippen LogP contribution in [0.15, 0.2) is 0 Å². The monoisotopic (exact) mass is 225 g/mol. The van der Waals surface area contributed by atoms with E-state index in [9.17, 15) is 0 Å². The van der Waals surface area contributed by atoms with Gasteiger partial charge in [0.05, 0.1) is 6.04 Å². The molecule has 3 heterocycles. The number of hydrogen-bond donors (Lipinski definition) is 1. The molecular formula is C9H15N5S. The number of rotatable bonds is 1.